The minimum absolute atomic E-state index is 0.111. The lowest BCUT2D eigenvalue weighted by molar-refractivity contribution is 0.220. The van der Waals surface area contributed by atoms with Gasteiger partial charge in [0.2, 0.25) is 10.0 Å². The topological polar surface area (TPSA) is 69.7 Å². The van der Waals surface area contributed by atoms with E-state index in [2.05, 4.69) is 21.2 Å². The molecule has 0 radical (unpaired) electrons. The SMILES string of the molecule is CN(Cc1ccccc1Br)C(=O)Nc1ccc(S(=O)(=O)N(C)C2CC2)cc1. The van der Waals surface area contributed by atoms with Crippen molar-refractivity contribution in [1.82, 2.24) is 9.21 Å². The van der Waals surface area contributed by atoms with Gasteiger partial charge in [0.15, 0.2) is 0 Å². The van der Waals surface area contributed by atoms with Crippen LogP contribution in [-0.4, -0.2) is 43.8 Å². The maximum absolute atomic E-state index is 12.5. The van der Waals surface area contributed by atoms with Gasteiger partial charge in [-0.05, 0) is 48.7 Å². The summed E-state index contributed by atoms with van der Waals surface area (Å²) in [6.07, 6.45) is 1.82. The second-order valence-corrected chi connectivity index (χ2v) is 9.51. The molecular weight excluding hydrogens is 430 g/mol. The second-order valence-electron chi connectivity index (χ2n) is 6.65. The van der Waals surface area contributed by atoms with E-state index in [0.29, 0.717) is 12.2 Å². The van der Waals surface area contributed by atoms with Crippen LogP contribution in [-0.2, 0) is 16.6 Å². The number of sulfonamides is 1. The van der Waals surface area contributed by atoms with E-state index in [0.717, 1.165) is 22.9 Å². The van der Waals surface area contributed by atoms with Gasteiger partial charge in [0.25, 0.3) is 0 Å². The Morgan fingerprint density at radius 1 is 1.11 bits per heavy atom. The molecule has 0 unspecified atom stereocenters. The molecule has 27 heavy (non-hydrogen) atoms. The van der Waals surface area contributed by atoms with Crippen molar-refractivity contribution in [2.75, 3.05) is 19.4 Å². The minimum atomic E-state index is -3.48. The molecule has 0 saturated heterocycles. The van der Waals surface area contributed by atoms with Crippen LogP contribution in [0.1, 0.15) is 18.4 Å². The summed E-state index contributed by atoms with van der Waals surface area (Å²) in [5, 5.41) is 2.79. The van der Waals surface area contributed by atoms with Crippen LogP contribution in [0.4, 0.5) is 10.5 Å². The number of carbonyl (C=O) groups excluding carboxylic acids is 1. The summed E-state index contributed by atoms with van der Waals surface area (Å²) in [6.45, 7) is 0.450. The maximum Gasteiger partial charge on any atom is 0.321 e. The molecule has 1 fully saturated rings. The zero-order chi connectivity index (χ0) is 19.6. The van der Waals surface area contributed by atoms with Crippen molar-refractivity contribution < 1.29 is 13.2 Å². The monoisotopic (exact) mass is 451 g/mol. The highest BCUT2D eigenvalue weighted by Gasteiger charge is 2.34. The Morgan fingerprint density at radius 3 is 2.33 bits per heavy atom. The molecule has 1 aliphatic rings. The molecule has 3 rings (SSSR count). The molecule has 1 saturated carbocycles. The van der Waals surface area contributed by atoms with Crippen LogP contribution < -0.4 is 5.32 Å². The molecule has 0 atom stereocenters. The third kappa shape index (κ3) is 4.69. The van der Waals surface area contributed by atoms with E-state index in [-0.39, 0.29) is 17.0 Å². The lowest BCUT2D eigenvalue weighted by Gasteiger charge is -2.19. The molecule has 8 heteroatoms. The summed E-state index contributed by atoms with van der Waals surface area (Å²) in [5.74, 6) is 0. The first-order valence-electron chi connectivity index (χ1n) is 8.62. The summed E-state index contributed by atoms with van der Waals surface area (Å²) in [5.41, 5.74) is 1.55. The molecule has 2 aromatic carbocycles. The molecule has 0 bridgehead atoms. The normalized spacial score (nSPS) is 14.2. The molecule has 1 aliphatic carbocycles. The van der Waals surface area contributed by atoms with Crippen LogP contribution in [0.25, 0.3) is 0 Å². The minimum Gasteiger partial charge on any atom is -0.323 e. The van der Waals surface area contributed by atoms with Crippen molar-refractivity contribution >= 4 is 37.7 Å². The van der Waals surface area contributed by atoms with E-state index in [4.69, 9.17) is 0 Å². The number of amides is 2. The van der Waals surface area contributed by atoms with Gasteiger partial charge in [-0.2, -0.15) is 4.31 Å². The van der Waals surface area contributed by atoms with Crippen molar-refractivity contribution in [2.24, 2.45) is 0 Å². The maximum atomic E-state index is 12.5. The second kappa shape index (κ2) is 8.00. The average molecular weight is 452 g/mol. The van der Waals surface area contributed by atoms with Crippen LogP contribution in [0.15, 0.2) is 57.9 Å². The number of nitrogens with zero attached hydrogens (tertiary/aromatic N) is 2. The number of benzene rings is 2. The molecule has 2 amide bonds. The van der Waals surface area contributed by atoms with E-state index < -0.39 is 10.0 Å². The number of rotatable bonds is 6. The molecule has 0 aromatic heterocycles. The van der Waals surface area contributed by atoms with E-state index >= 15 is 0 Å². The summed E-state index contributed by atoms with van der Waals surface area (Å²) in [4.78, 5) is 14.2. The Kier molecular flexibility index (Phi) is 5.88. The third-order valence-electron chi connectivity index (χ3n) is 4.56. The van der Waals surface area contributed by atoms with Crippen LogP contribution >= 0.6 is 15.9 Å². The number of halogens is 1. The fourth-order valence-electron chi connectivity index (χ4n) is 2.68. The van der Waals surface area contributed by atoms with E-state index in [1.165, 1.54) is 16.4 Å². The van der Waals surface area contributed by atoms with Gasteiger partial charge < -0.3 is 10.2 Å². The van der Waals surface area contributed by atoms with E-state index in [1.807, 2.05) is 24.3 Å². The van der Waals surface area contributed by atoms with E-state index in [1.54, 1.807) is 31.1 Å². The smallest absolute Gasteiger partial charge is 0.321 e. The third-order valence-corrected chi connectivity index (χ3v) is 7.25. The molecule has 2 aromatic rings. The van der Waals surface area contributed by atoms with Crippen LogP contribution in [0.3, 0.4) is 0 Å². The fourth-order valence-corrected chi connectivity index (χ4v) is 4.51. The van der Waals surface area contributed by atoms with Crippen LogP contribution in [0, 0.1) is 0 Å². The van der Waals surface area contributed by atoms with Crippen LogP contribution in [0.2, 0.25) is 0 Å². The zero-order valence-corrected chi connectivity index (χ0v) is 17.6. The summed E-state index contributed by atoms with van der Waals surface area (Å²) in [6, 6.07) is 13.8. The molecule has 6 nitrogen and oxygen atoms in total. The Labute approximate surface area is 168 Å². The van der Waals surface area contributed by atoms with Gasteiger partial charge in [0.05, 0.1) is 4.90 Å². The van der Waals surface area contributed by atoms with Crippen molar-refractivity contribution in [1.29, 1.82) is 0 Å². The highest BCUT2D eigenvalue weighted by atomic mass is 79.9. The van der Waals surface area contributed by atoms with Gasteiger partial charge in [-0.25, -0.2) is 13.2 Å². The van der Waals surface area contributed by atoms with Crippen molar-refractivity contribution in [2.45, 2.75) is 30.3 Å². The number of carbonyl (C=O) groups is 1. The number of nitrogens with one attached hydrogen (secondary N) is 1. The van der Waals surface area contributed by atoms with Gasteiger partial charge >= 0.3 is 6.03 Å². The van der Waals surface area contributed by atoms with Crippen molar-refractivity contribution in [3.8, 4) is 0 Å². The predicted octanol–water partition coefficient (Wildman–Crippen LogP) is 3.90. The zero-order valence-electron chi connectivity index (χ0n) is 15.2. The van der Waals surface area contributed by atoms with Gasteiger partial charge in [0, 0.05) is 36.8 Å². The quantitative estimate of drug-likeness (QED) is 0.723. The van der Waals surface area contributed by atoms with Crippen molar-refractivity contribution in [3.63, 3.8) is 0 Å². The van der Waals surface area contributed by atoms with Gasteiger partial charge in [-0.15, -0.1) is 0 Å². The number of hydrogen-bond donors (Lipinski definition) is 1. The number of hydrogen-bond acceptors (Lipinski definition) is 3. The summed E-state index contributed by atoms with van der Waals surface area (Å²) in [7, 11) is -0.161. The molecule has 1 N–H and O–H groups in total. The predicted molar refractivity (Wildman–Crippen MR) is 109 cm³/mol. The van der Waals surface area contributed by atoms with Crippen LogP contribution in [0.5, 0.6) is 0 Å². The van der Waals surface area contributed by atoms with E-state index in [9.17, 15) is 13.2 Å². The number of anilines is 1. The lowest BCUT2D eigenvalue weighted by atomic mass is 10.2. The molecule has 0 spiro atoms. The van der Waals surface area contributed by atoms with Gasteiger partial charge in [0.1, 0.15) is 0 Å². The lowest BCUT2D eigenvalue weighted by Crippen LogP contribution is -2.31. The Balaban J connectivity index is 1.64. The first-order valence-corrected chi connectivity index (χ1v) is 10.9. The molecule has 144 valence electrons. The summed E-state index contributed by atoms with van der Waals surface area (Å²) >= 11 is 3.47. The molecule has 0 aliphatic heterocycles. The highest BCUT2D eigenvalue weighted by molar-refractivity contribution is 9.10. The highest BCUT2D eigenvalue weighted by Crippen LogP contribution is 2.30. The Morgan fingerprint density at radius 2 is 1.74 bits per heavy atom. The molecule has 0 heterocycles. The summed E-state index contributed by atoms with van der Waals surface area (Å²) < 4.78 is 27.4. The van der Waals surface area contributed by atoms with Gasteiger partial charge in [-0.3, -0.25) is 0 Å². The average Bonchev–Trinajstić information content (AvgIpc) is 3.48. The van der Waals surface area contributed by atoms with Crippen molar-refractivity contribution in [3.05, 3.63) is 58.6 Å². The standard InChI is InChI=1S/C19H22BrN3O3S/c1-22(13-14-5-3-4-6-18(14)20)19(24)21-15-7-11-17(12-8-15)27(25,26)23(2)16-9-10-16/h3-8,11-12,16H,9-10,13H2,1-2H3,(H,21,24). The number of urea groups is 1. The first kappa shape index (κ1) is 19.9. The van der Waals surface area contributed by atoms with Gasteiger partial charge in [-0.1, -0.05) is 34.1 Å². The molecular formula is C19H22BrN3O3S. The first-order chi connectivity index (χ1) is 12.8. The fraction of sp³-hybridized carbons (Fsp3) is 0.316. The Hall–Kier alpha value is -1.90. The Bertz CT molecular complexity index is 927. The largest absolute Gasteiger partial charge is 0.323 e.